The molecule has 0 atom stereocenters. The summed E-state index contributed by atoms with van der Waals surface area (Å²) in [5.74, 6) is -1.68. The normalized spacial score (nSPS) is 10.8. The molecule has 1 aromatic heterocycles. The predicted molar refractivity (Wildman–Crippen MR) is 72.4 cm³/mol. The van der Waals surface area contributed by atoms with Crippen molar-refractivity contribution in [3.63, 3.8) is 0 Å². The number of phenols is 1. The van der Waals surface area contributed by atoms with E-state index in [0.717, 1.165) is 23.5 Å². The van der Waals surface area contributed by atoms with Crippen molar-refractivity contribution >= 4 is 28.2 Å². The Morgan fingerprint density at radius 3 is 2.75 bits per heavy atom. The van der Waals surface area contributed by atoms with Crippen LogP contribution in [0.25, 0.3) is 6.08 Å². The standard InChI is InChI=1S/C13H8FNO4S/c14-11-6-9(16)2-3-10(11)12(17)4-1-8-5-13(15(18)19)20-7-8/h1-7,16H/b4-1-. The molecule has 0 aliphatic carbocycles. The molecule has 0 fully saturated rings. The second kappa shape index (κ2) is 5.62. The summed E-state index contributed by atoms with van der Waals surface area (Å²) >= 11 is 0.941. The van der Waals surface area contributed by atoms with Gasteiger partial charge in [-0.15, -0.1) is 0 Å². The van der Waals surface area contributed by atoms with E-state index in [2.05, 4.69) is 0 Å². The number of aromatic hydroxyl groups is 1. The third-order valence-corrected chi connectivity index (χ3v) is 3.33. The van der Waals surface area contributed by atoms with Gasteiger partial charge in [0.25, 0.3) is 0 Å². The number of hydrogen-bond acceptors (Lipinski definition) is 5. The van der Waals surface area contributed by atoms with Crippen LogP contribution in [-0.4, -0.2) is 15.8 Å². The molecular weight excluding hydrogens is 285 g/mol. The number of halogens is 1. The van der Waals surface area contributed by atoms with Gasteiger partial charge in [0.15, 0.2) is 5.78 Å². The van der Waals surface area contributed by atoms with E-state index in [9.17, 15) is 19.3 Å². The topological polar surface area (TPSA) is 80.4 Å². The summed E-state index contributed by atoms with van der Waals surface area (Å²) in [6.07, 6.45) is 2.50. The average molecular weight is 293 g/mol. The van der Waals surface area contributed by atoms with Gasteiger partial charge in [0.1, 0.15) is 11.6 Å². The van der Waals surface area contributed by atoms with Crippen molar-refractivity contribution in [1.29, 1.82) is 0 Å². The number of nitrogens with zero attached hydrogens (tertiary/aromatic N) is 1. The van der Waals surface area contributed by atoms with Gasteiger partial charge in [0.2, 0.25) is 0 Å². The van der Waals surface area contributed by atoms with Crippen LogP contribution in [0.1, 0.15) is 15.9 Å². The Bertz CT molecular complexity index is 708. The summed E-state index contributed by atoms with van der Waals surface area (Å²) in [4.78, 5) is 21.7. The molecule has 5 nitrogen and oxygen atoms in total. The van der Waals surface area contributed by atoms with Crippen LogP contribution in [0.15, 0.2) is 35.7 Å². The second-order valence-corrected chi connectivity index (χ2v) is 4.73. The zero-order chi connectivity index (χ0) is 14.7. The number of phenolic OH excluding ortho intramolecular Hbond substituents is 1. The van der Waals surface area contributed by atoms with E-state index >= 15 is 0 Å². The number of carbonyl (C=O) groups excluding carboxylic acids is 1. The molecule has 7 heteroatoms. The van der Waals surface area contributed by atoms with Gasteiger partial charge >= 0.3 is 5.00 Å². The highest BCUT2D eigenvalue weighted by Crippen LogP contribution is 2.23. The van der Waals surface area contributed by atoms with Gasteiger partial charge in [-0.2, -0.15) is 0 Å². The fourth-order valence-electron chi connectivity index (χ4n) is 1.49. The molecule has 1 N–H and O–H groups in total. The Hall–Kier alpha value is -2.54. The monoisotopic (exact) mass is 293 g/mol. The summed E-state index contributed by atoms with van der Waals surface area (Å²) in [6.45, 7) is 0. The number of nitro groups is 1. The highest BCUT2D eigenvalue weighted by atomic mass is 32.1. The van der Waals surface area contributed by atoms with Crippen molar-refractivity contribution in [3.8, 4) is 5.75 Å². The maximum absolute atomic E-state index is 13.4. The SMILES string of the molecule is O=C(/C=C\c1csc([N+](=O)[O-])c1)c1ccc(O)cc1F. The van der Waals surface area contributed by atoms with Crippen LogP contribution in [0, 0.1) is 15.9 Å². The summed E-state index contributed by atoms with van der Waals surface area (Å²) < 4.78 is 13.4. The van der Waals surface area contributed by atoms with Crippen molar-refractivity contribution in [3.05, 3.63) is 62.8 Å². The van der Waals surface area contributed by atoms with E-state index in [1.807, 2.05) is 0 Å². The molecular formula is C13H8FNO4S. The molecule has 1 aromatic carbocycles. The number of allylic oxidation sites excluding steroid dienone is 1. The van der Waals surface area contributed by atoms with Gasteiger partial charge in [-0.25, -0.2) is 4.39 Å². The summed E-state index contributed by atoms with van der Waals surface area (Å²) in [6, 6.07) is 4.55. The molecule has 102 valence electrons. The lowest BCUT2D eigenvalue weighted by Crippen LogP contribution is -1.97. The molecule has 0 bridgehead atoms. The lowest BCUT2D eigenvalue weighted by atomic mass is 10.1. The Morgan fingerprint density at radius 2 is 2.15 bits per heavy atom. The predicted octanol–water partition coefficient (Wildman–Crippen LogP) is 3.40. The Balaban J connectivity index is 2.17. The molecule has 2 rings (SSSR count). The van der Waals surface area contributed by atoms with E-state index in [1.54, 1.807) is 0 Å². The fourth-order valence-corrected chi connectivity index (χ4v) is 2.18. The molecule has 0 spiro atoms. The van der Waals surface area contributed by atoms with Crippen LogP contribution < -0.4 is 0 Å². The highest BCUT2D eigenvalue weighted by molar-refractivity contribution is 7.13. The lowest BCUT2D eigenvalue weighted by Gasteiger charge is -1.98. The van der Waals surface area contributed by atoms with Gasteiger partial charge in [0, 0.05) is 17.5 Å². The highest BCUT2D eigenvalue weighted by Gasteiger charge is 2.11. The minimum atomic E-state index is -0.823. The molecule has 2 aromatic rings. The number of ketones is 1. The molecule has 1 heterocycles. The zero-order valence-electron chi connectivity index (χ0n) is 9.95. The van der Waals surface area contributed by atoms with E-state index < -0.39 is 16.5 Å². The third kappa shape index (κ3) is 3.07. The number of rotatable bonds is 4. The van der Waals surface area contributed by atoms with E-state index in [0.29, 0.717) is 5.56 Å². The number of carbonyl (C=O) groups is 1. The molecule has 0 saturated carbocycles. The van der Waals surface area contributed by atoms with Crippen molar-refractivity contribution < 1.29 is 19.2 Å². The first-order valence-corrected chi connectivity index (χ1v) is 6.29. The van der Waals surface area contributed by atoms with Gasteiger partial charge < -0.3 is 5.11 Å². The Kier molecular flexibility index (Phi) is 3.90. The van der Waals surface area contributed by atoms with Crippen LogP contribution in [0.2, 0.25) is 0 Å². The first-order valence-electron chi connectivity index (χ1n) is 5.41. The van der Waals surface area contributed by atoms with Crippen LogP contribution in [-0.2, 0) is 0 Å². The molecule has 0 aliphatic heterocycles. The fraction of sp³-hybridized carbons (Fsp3) is 0. The van der Waals surface area contributed by atoms with Gasteiger partial charge in [-0.1, -0.05) is 11.3 Å². The molecule has 0 aliphatic rings. The van der Waals surface area contributed by atoms with E-state index in [4.69, 9.17) is 5.11 Å². The summed E-state index contributed by atoms with van der Waals surface area (Å²) in [7, 11) is 0. The first kappa shape index (κ1) is 13.9. The first-order chi connectivity index (χ1) is 9.47. The van der Waals surface area contributed by atoms with Crippen molar-refractivity contribution in [2.75, 3.05) is 0 Å². The average Bonchev–Trinajstić information content (AvgIpc) is 2.85. The molecule has 0 amide bonds. The summed E-state index contributed by atoms with van der Waals surface area (Å²) in [5.41, 5.74) is 0.318. The minimum absolute atomic E-state index is 0.0343. The quantitative estimate of drug-likeness (QED) is 0.405. The van der Waals surface area contributed by atoms with Crippen LogP contribution in [0.5, 0.6) is 5.75 Å². The van der Waals surface area contributed by atoms with Gasteiger partial charge in [-0.05, 0) is 29.8 Å². The maximum atomic E-state index is 13.4. The lowest BCUT2D eigenvalue weighted by molar-refractivity contribution is -0.380. The minimum Gasteiger partial charge on any atom is -0.508 e. The van der Waals surface area contributed by atoms with E-state index in [1.165, 1.54) is 29.7 Å². The molecule has 0 saturated heterocycles. The van der Waals surface area contributed by atoms with Crippen molar-refractivity contribution in [2.24, 2.45) is 0 Å². The number of hydrogen-bond donors (Lipinski definition) is 1. The maximum Gasteiger partial charge on any atom is 0.324 e. The van der Waals surface area contributed by atoms with Crippen molar-refractivity contribution in [2.45, 2.75) is 0 Å². The smallest absolute Gasteiger partial charge is 0.324 e. The van der Waals surface area contributed by atoms with Crippen molar-refractivity contribution in [1.82, 2.24) is 0 Å². The van der Waals surface area contributed by atoms with Crippen LogP contribution in [0.4, 0.5) is 9.39 Å². The second-order valence-electron chi connectivity index (χ2n) is 3.84. The number of benzene rings is 1. The molecule has 0 radical (unpaired) electrons. The van der Waals surface area contributed by atoms with E-state index in [-0.39, 0.29) is 16.3 Å². The summed E-state index contributed by atoms with van der Waals surface area (Å²) in [5, 5.41) is 21.0. The molecule has 20 heavy (non-hydrogen) atoms. The van der Waals surface area contributed by atoms with Gasteiger partial charge in [0.05, 0.1) is 10.5 Å². The molecule has 0 unspecified atom stereocenters. The Morgan fingerprint density at radius 1 is 1.40 bits per heavy atom. The van der Waals surface area contributed by atoms with Crippen LogP contribution in [0.3, 0.4) is 0 Å². The third-order valence-electron chi connectivity index (χ3n) is 2.43. The van der Waals surface area contributed by atoms with Crippen LogP contribution >= 0.6 is 11.3 Å². The zero-order valence-corrected chi connectivity index (χ0v) is 10.8. The number of thiophene rings is 1. The van der Waals surface area contributed by atoms with Gasteiger partial charge in [-0.3, -0.25) is 14.9 Å². The Labute approximate surface area is 116 Å². The largest absolute Gasteiger partial charge is 0.508 e.